The molecule has 3 atom stereocenters. The summed E-state index contributed by atoms with van der Waals surface area (Å²) in [5.41, 5.74) is -0.000663. The Labute approximate surface area is 190 Å². The van der Waals surface area contributed by atoms with Crippen molar-refractivity contribution in [2.24, 2.45) is 5.92 Å². The van der Waals surface area contributed by atoms with Gasteiger partial charge in [-0.1, -0.05) is 18.9 Å². The van der Waals surface area contributed by atoms with Gasteiger partial charge in [-0.05, 0) is 31.9 Å². The smallest absolute Gasteiger partial charge is 0.276 e. The van der Waals surface area contributed by atoms with Gasteiger partial charge >= 0.3 is 0 Å². The first-order chi connectivity index (χ1) is 15.8. The van der Waals surface area contributed by atoms with E-state index in [1.807, 2.05) is 11.9 Å². The molecule has 2 aromatic rings. The number of pyridine rings is 1. The van der Waals surface area contributed by atoms with Crippen LogP contribution in [0, 0.1) is 17.6 Å². The molecule has 1 saturated heterocycles. The van der Waals surface area contributed by atoms with Crippen molar-refractivity contribution in [2.45, 2.75) is 57.5 Å². The highest BCUT2D eigenvalue weighted by molar-refractivity contribution is 5.96. The minimum Gasteiger partial charge on any atom is -0.503 e. The van der Waals surface area contributed by atoms with Crippen LogP contribution >= 0.6 is 0 Å². The second-order valence-electron chi connectivity index (χ2n) is 9.42. The Balaban J connectivity index is 1.40. The fraction of sp³-hybridized carbons (Fsp3) is 0.500. The molecule has 2 N–H and O–H groups in total. The van der Waals surface area contributed by atoms with Gasteiger partial charge in [0.15, 0.2) is 11.4 Å². The molecule has 1 amide bonds. The number of amides is 1. The number of nitrogens with zero attached hydrogens (tertiary/aromatic N) is 3. The van der Waals surface area contributed by atoms with E-state index in [1.165, 1.54) is 18.6 Å². The molecular formula is C24H28F2N4O3. The SMILES string of the molecule is CN1C[C@@H]2CCCC[C@@H]2N2C(=O)c3c(O)c(=O)c(CNCc4ccc(F)cc4F)cn3C[C@@H]12. The number of hydrogen-bond donors (Lipinski definition) is 2. The van der Waals surface area contributed by atoms with E-state index in [9.17, 15) is 23.5 Å². The second kappa shape index (κ2) is 8.53. The zero-order chi connectivity index (χ0) is 23.3. The first-order valence-electron chi connectivity index (χ1n) is 11.5. The molecule has 7 nitrogen and oxygen atoms in total. The molecule has 2 aliphatic heterocycles. The predicted octanol–water partition coefficient (Wildman–Crippen LogP) is 2.41. The van der Waals surface area contributed by atoms with E-state index in [2.05, 4.69) is 10.2 Å². The number of benzene rings is 1. The topological polar surface area (TPSA) is 77.8 Å². The number of aromatic hydroxyl groups is 1. The van der Waals surface area contributed by atoms with Crippen LogP contribution in [0.25, 0.3) is 0 Å². The maximum absolute atomic E-state index is 13.9. The Hall–Kier alpha value is -2.78. The summed E-state index contributed by atoms with van der Waals surface area (Å²) in [6, 6.07) is 3.47. The number of fused-ring (bicyclic) bond motifs is 4. The molecule has 1 aromatic heterocycles. The van der Waals surface area contributed by atoms with Crippen LogP contribution in [0.5, 0.6) is 5.75 Å². The maximum Gasteiger partial charge on any atom is 0.276 e. The summed E-state index contributed by atoms with van der Waals surface area (Å²) in [7, 11) is 2.02. The van der Waals surface area contributed by atoms with Crippen LogP contribution in [-0.4, -0.2) is 51.2 Å². The summed E-state index contributed by atoms with van der Waals surface area (Å²) in [5.74, 6) is -1.73. The normalized spacial score (nSPS) is 24.9. The molecular weight excluding hydrogens is 430 g/mol. The number of carbonyl (C=O) groups is 1. The molecule has 9 heteroatoms. The maximum atomic E-state index is 13.9. The van der Waals surface area contributed by atoms with Crippen LogP contribution in [0.15, 0.2) is 29.2 Å². The van der Waals surface area contributed by atoms with Crippen molar-refractivity contribution in [3.8, 4) is 5.75 Å². The van der Waals surface area contributed by atoms with E-state index in [1.54, 1.807) is 10.8 Å². The van der Waals surface area contributed by atoms with E-state index >= 15 is 0 Å². The highest BCUT2D eigenvalue weighted by atomic mass is 19.1. The summed E-state index contributed by atoms with van der Waals surface area (Å²) in [6.07, 6.45) is 5.78. The Bertz CT molecular complexity index is 1150. The van der Waals surface area contributed by atoms with E-state index in [-0.39, 0.29) is 48.0 Å². The fourth-order valence-electron chi connectivity index (χ4n) is 5.70. The number of aromatic nitrogens is 1. The summed E-state index contributed by atoms with van der Waals surface area (Å²) >= 11 is 0. The number of halogens is 2. The molecule has 1 aromatic carbocycles. The van der Waals surface area contributed by atoms with Gasteiger partial charge in [0.2, 0.25) is 5.43 Å². The van der Waals surface area contributed by atoms with Gasteiger partial charge in [0.05, 0.1) is 6.54 Å². The first-order valence-corrected chi connectivity index (χ1v) is 11.5. The lowest BCUT2D eigenvalue weighted by atomic mass is 9.80. The second-order valence-corrected chi connectivity index (χ2v) is 9.42. The quantitative estimate of drug-likeness (QED) is 0.736. The largest absolute Gasteiger partial charge is 0.503 e. The van der Waals surface area contributed by atoms with Crippen molar-refractivity contribution in [2.75, 3.05) is 13.6 Å². The third kappa shape index (κ3) is 3.83. The standard InChI is InChI=1S/C24H28F2N4O3/c1-28-11-15-4-2-3-5-19(15)30-20(28)13-29-12-16(22(31)23(32)21(29)24(30)33)10-27-9-14-6-7-17(25)8-18(14)26/h6-8,12,15,19-20,27,32H,2-5,9-11,13H2,1H3/t15-,19-,20-/m0/s1. The van der Waals surface area contributed by atoms with Crippen molar-refractivity contribution in [1.82, 2.24) is 19.7 Å². The summed E-state index contributed by atoms with van der Waals surface area (Å²) in [4.78, 5) is 30.4. The lowest BCUT2D eigenvalue weighted by molar-refractivity contribution is -0.0628. The minimum absolute atomic E-state index is 0.0456. The number of likely N-dealkylation sites (N-methyl/N-ethyl adjacent to an activating group) is 1. The molecule has 0 radical (unpaired) electrons. The van der Waals surface area contributed by atoms with Gasteiger partial charge in [-0.3, -0.25) is 14.5 Å². The van der Waals surface area contributed by atoms with Crippen LogP contribution in [-0.2, 0) is 19.6 Å². The molecule has 3 aliphatic rings. The lowest BCUT2D eigenvalue weighted by Crippen LogP contribution is -2.66. The lowest BCUT2D eigenvalue weighted by Gasteiger charge is -2.54. The first kappa shape index (κ1) is 22.0. The number of hydrogen-bond acceptors (Lipinski definition) is 5. The highest BCUT2D eigenvalue weighted by Gasteiger charge is 2.47. The summed E-state index contributed by atoms with van der Waals surface area (Å²) in [5, 5.41) is 13.7. The molecule has 1 saturated carbocycles. The van der Waals surface area contributed by atoms with Crippen molar-refractivity contribution < 1.29 is 18.7 Å². The monoisotopic (exact) mass is 458 g/mol. The molecule has 33 heavy (non-hydrogen) atoms. The number of carbonyl (C=O) groups excluding carboxylic acids is 1. The van der Waals surface area contributed by atoms with Crippen LogP contribution in [0.3, 0.4) is 0 Å². The van der Waals surface area contributed by atoms with Crippen LogP contribution in [0.2, 0.25) is 0 Å². The van der Waals surface area contributed by atoms with E-state index in [4.69, 9.17) is 0 Å². The van der Waals surface area contributed by atoms with Crippen LogP contribution < -0.4 is 10.7 Å². The molecule has 3 heterocycles. The molecule has 176 valence electrons. The third-order valence-electron chi connectivity index (χ3n) is 7.35. The third-order valence-corrected chi connectivity index (χ3v) is 7.35. The Kier molecular flexibility index (Phi) is 5.70. The number of nitrogens with one attached hydrogen (secondary N) is 1. The molecule has 1 aliphatic carbocycles. The molecule has 0 spiro atoms. The fourth-order valence-corrected chi connectivity index (χ4v) is 5.70. The average molecular weight is 459 g/mol. The van der Waals surface area contributed by atoms with Gasteiger partial charge in [-0.2, -0.15) is 0 Å². The summed E-state index contributed by atoms with van der Waals surface area (Å²) in [6.45, 7) is 1.56. The predicted molar refractivity (Wildman–Crippen MR) is 118 cm³/mol. The minimum atomic E-state index is -0.667. The van der Waals surface area contributed by atoms with Crippen molar-refractivity contribution in [3.05, 3.63) is 63.1 Å². The zero-order valence-electron chi connectivity index (χ0n) is 18.6. The van der Waals surface area contributed by atoms with Crippen molar-refractivity contribution in [3.63, 3.8) is 0 Å². The van der Waals surface area contributed by atoms with Gasteiger partial charge < -0.3 is 19.9 Å². The van der Waals surface area contributed by atoms with E-state index in [0.29, 0.717) is 12.5 Å². The zero-order valence-corrected chi connectivity index (χ0v) is 18.6. The Morgan fingerprint density at radius 3 is 2.64 bits per heavy atom. The van der Waals surface area contributed by atoms with Crippen molar-refractivity contribution >= 4 is 5.91 Å². The Morgan fingerprint density at radius 2 is 1.85 bits per heavy atom. The van der Waals surface area contributed by atoms with Crippen LogP contribution in [0.1, 0.15) is 47.3 Å². The van der Waals surface area contributed by atoms with Crippen molar-refractivity contribution in [1.29, 1.82) is 0 Å². The molecule has 2 fully saturated rings. The van der Waals surface area contributed by atoms with Gasteiger partial charge in [-0.15, -0.1) is 0 Å². The highest BCUT2D eigenvalue weighted by Crippen LogP contribution is 2.38. The molecule has 5 rings (SSSR count). The van der Waals surface area contributed by atoms with Gasteiger partial charge in [0.1, 0.15) is 17.8 Å². The number of rotatable bonds is 4. The van der Waals surface area contributed by atoms with Gasteiger partial charge in [0.25, 0.3) is 5.91 Å². The Morgan fingerprint density at radius 1 is 1.09 bits per heavy atom. The van der Waals surface area contributed by atoms with E-state index < -0.39 is 22.8 Å². The molecule has 0 unspecified atom stereocenters. The van der Waals surface area contributed by atoms with Crippen LogP contribution in [0.4, 0.5) is 8.78 Å². The van der Waals surface area contributed by atoms with Gasteiger partial charge in [-0.25, -0.2) is 8.78 Å². The van der Waals surface area contributed by atoms with E-state index in [0.717, 1.165) is 31.9 Å². The summed E-state index contributed by atoms with van der Waals surface area (Å²) < 4.78 is 28.6. The van der Waals surface area contributed by atoms with Gasteiger partial charge in [0, 0.05) is 49.1 Å². The average Bonchev–Trinajstić information content (AvgIpc) is 2.78. The molecule has 0 bridgehead atoms.